The number of anilines is 1. The van der Waals surface area contributed by atoms with Gasteiger partial charge >= 0.3 is 0 Å². The van der Waals surface area contributed by atoms with Crippen molar-refractivity contribution in [3.05, 3.63) is 59.4 Å². The van der Waals surface area contributed by atoms with E-state index in [0.29, 0.717) is 5.92 Å². The van der Waals surface area contributed by atoms with E-state index in [2.05, 4.69) is 19.2 Å². The molecule has 3 nitrogen and oxygen atoms in total. The fraction of sp³-hybridized carbons (Fsp3) is 0.278. The third-order valence-corrected chi connectivity index (χ3v) is 3.39. The van der Waals surface area contributed by atoms with Crippen molar-refractivity contribution in [3.8, 4) is 5.75 Å². The standard InChI is InChI=1S/C18H20FNO2/c1-12(2)14-8-6-7-13(3)18(14)20-17(21)11-22-16-10-5-4-9-15(16)19/h4-10,12H,11H2,1-3H3,(H,20,21). The number of ether oxygens (including phenoxy) is 1. The maximum atomic E-state index is 13.4. The molecule has 2 aromatic rings. The molecule has 0 bridgehead atoms. The first kappa shape index (κ1) is 16.0. The second kappa shape index (κ2) is 7.07. The second-order valence-corrected chi connectivity index (χ2v) is 5.46. The van der Waals surface area contributed by atoms with Crippen LogP contribution in [0.4, 0.5) is 10.1 Å². The number of rotatable bonds is 5. The molecule has 0 radical (unpaired) electrons. The number of hydrogen-bond donors (Lipinski definition) is 1. The normalized spacial score (nSPS) is 10.6. The van der Waals surface area contributed by atoms with Gasteiger partial charge in [-0.3, -0.25) is 4.79 Å². The van der Waals surface area contributed by atoms with Gasteiger partial charge in [-0.05, 0) is 36.1 Å². The lowest BCUT2D eigenvalue weighted by Crippen LogP contribution is -2.22. The van der Waals surface area contributed by atoms with Gasteiger partial charge in [0.1, 0.15) is 0 Å². The highest BCUT2D eigenvalue weighted by Gasteiger charge is 2.13. The van der Waals surface area contributed by atoms with Crippen LogP contribution in [0.2, 0.25) is 0 Å². The van der Waals surface area contributed by atoms with Crippen molar-refractivity contribution in [2.75, 3.05) is 11.9 Å². The maximum absolute atomic E-state index is 13.4. The van der Waals surface area contributed by atoms with Crippen molar-refractivity contribution in [1.29, 1.82) is 0 Å². The summed E-state index contributed by atoms with van der Waals surface area (Å²) in [5.74, 6) is -0.414. The van der Waals surface area contributed by atoms with E-state index in [1.165, 1.54) is 12.1 Å². The summed E-state index contributed by atoms with van der Waals surface area (Å²) in [6, 6.07) is 11.9. The molecule has 0 saturated heterocycles. The predicted molar refractivity (Wildman–Crippen MR) is 85.8 cm³/mol. The third-order valence-electron chi connectivity index (χ3n) is 3.39. The molecule has 0 aliphatic rings. The number of nitrogens with one attached hydrogen (secondary N) is 1. The van der Waals surface area contributed by atoms with E-state index in [9.17, 15) is 9.18 Å². The predicted octanol–water partition coefficient (Wildman–Crippen LogP) is 4.28. The van der Waals surface area contributed by atoms with Crippen LogP contribution in [-0.4, -0.2) is 12.5 Å². The van der Waals surface area contributed by atoms with Gasteiger partial charge in [0.2, 0.25) is 0 Å². The SMILES string of the molecule is Cc1cccc(C(C)C)c1NC(=O)COc1ccccc1F. The average Bonchev–Trinajstić information content (AvgIpc) is 2.48. The number of amides is 1. The van der Waals surface area contributed by atoms with Crippen LogP contribution in [0.1, 0.15) is 30.9 Å². The van der Waals surface area contributed by atoms with Crippen molar-refractivity contribution in [3.63, 3.8) is 0 Å². The summed E-state index contributed by atoms with van der Waals surface area (Å²) in [5, 5.41) is 2.86. The van der Waals surface area contributed by atoms with Crippen LogP contribution in [-0.2, 0) is 4.79 Å². The first-order chi connectivity index (χ1) is 10.5. The Morgan fingerprint density at radius 3 is 2.59 bits per heavy atom. The Hall–Kier alpha value is -2.36. The lowest BCUT2D eigenvalue weighted by molar-refractivity contribution is -0.118. The molecule has 1 N–H and O–H groups in total. The molecule has 0 aliphatic carbocycles. The fourth-order valence-electron chi connectivity index (χ4n) is 2.22. The van der Waals surface area contributed by atoms with Gasteiger partial charge in [0.25, 0.3) is 5.91 Å². The van der Waals surface area contributed by atoms with Gasteiger partial charge in [-0.15, -0.1) is 0 Å². The zero-order valence-corrected chi connectivity index (χ0v) is 13.0. The summed E-state index contributed by atoms with van der Waals surface area (Å²) in [4.78, 5) is 12.1. The second-order valence-electron chi connectivity index (χ2n) is 5.46. The van der Waals surface area contributed by atoms with E-state index in [1.807, 2.05) is 25.1 Å². The van der Waals surface area contributed by atoms with E-state index in [1.54, 1.807) is 12.1 Å². The molecule has 2 rings (SSSR count). The van der Waals surface area contributed by atoms with Gasteiger partial charge in [0, 0.05) is 5.69 Å². The summed E-state index contributed by atoms with van der Waals surface area (Å²) in [6.45, 7) is 5.85. The van der Waals surface area contributed by atoms with Crippen molar-refractivity contribution in [2.45, 2.75) is 26.7 Å². The van der Waals surface area contributed by atoms with Gasteiger partial charge in [0.05, 0.1) is 0 Å². The monoisotopic (exact) mass is 301 g/mol. The van der Waals surface area contributed by atoms with Gasteiger partial charge < -0.3 is 10.1 Å². The minimum absolute atomic E-state index is 0.0755. The molecule has 0 atom stereocenters. The Labute approximate surface area is 130 Å². The summed E-state index contributed by atoms with van der Waals surface area (Å²) in [6.07, 6.45) is 0. The van der Waals surface area contributed by atoms with Crippen molar-refractivity contribution in [1.82, 2.24) is 0 Å². The minimum atomic E-state index is -0.478. The molecule has 22 heavy (non-hydrogen) atoms. The zero-order chi connectivity index (χ0) is 16.1. The van der Waals surface area contributed by atoms with Crippen LogP contribution in [0.25, 0.3) is 0 Å². The first-order valence-corrected chi connectivity index (χ1v) is 7.25. The molecule has 0 spiro atoms. The molecule has 0 heterocycles. The van der Waals surface area contributed by atoms with E-state index in [-0.39, 0.29) is 18.3 Å². The number of benzene rings is 2. The maximum Gasteiger partial charge on any atom is 0.262 e. The summed E-state index contributed by atoms with van der Waals surface area (Å²) in [5.41, 5.74) is 2.87. The Morgan fingerprint density at radius 1 is 1.18 bits per heavy atom. The molecule has 0 fully saturated rings. The number of carbonyl (C=O) groups excluding carboxylic acids is 1. The number of aryl methyl sites for hydroxylation is 1. The lowest BCUT2D eigenvalue weighted by atomic mass is 9.98. The molecule has 0 saturated carbocycles. The van der Waals surface area contributed by atoms with Gasteiger partial charge in [-0.25, -0.2) is 4.39 Å². The molecular formula is C18H20FNO2. The molecule has 2 aromatic carbocycles. The van der Waals surface area contributed by atoms with Crippen LogP contribution in [0.5, 0.6) is 5.75 Å². The quantitative estimate of drug-likeness (QED) is 0.895. The van der Waals surface area contributed by atoms with Crippen LogP contribution in [0, 0.1) is 12.7 Å². The molecule has 0 unspecified atom stereocenters. The summed E-state index contributed by atoms with van der Waals surface area (Å²) < 4.78 is 18.7. The zero-order valence-electron chi connectivity index (χ0n) is 13.0. The summed E-state index contributed by atoms with van der Waals surface area (Å²) >= 11 is 0. The van der Waals surface area contributed by atoms with Gasteiger partial charge in [-0.1, -0.05) is 44.2 Å². The van der Waals surface area contributed by atoms with E-state index < -0.39 is 5.82 Å². The Morgan fingerprint density at radius 2 is 1.91 bits per heavy atom. The van der Waals surface area contributed by atoms with Crippen LogP contribution >= 0.6 is 0 Å². The Balaban J connectivity index is 2.05. The van der Waals surface area contributed by atoms with Crippen LogP contribution in [0.3, 0.4) is 0 Å². The Bertz CT molecular complexity index is 668. The first-order valence-electron chi connectivity index (χ1n) is 7.25. The van der Waals surface area contributed by atoms with E-state index in [0.717, 1.165) is 16.8 Å². The smallest absolute Gasteiger partial charge is 0.262 e. The van der Waals surface area contributed by atoms with Crippen LogP contribution < -0.4 is 10.1 Å². The molecule has 0 aliphatic heterocycles. The van der Waals surface area contributed by atoms with Gasteiger partial charge in [0.15, 0.2) is 18.2 Å². The molecule has 116 valence electrons. The molecule has 1 amide bonds. The molecular weight excluding hydrogens is 281 g/mol. The number of halogens is 1. The number of carbonyl (C=O) groups is 1. The number of hydrogen-bond acceptors (Lipinski definition) is 2. The van der Waals surface area contributed by atoms with Crippen molar-refractivity contribution in [2.24, 2.45) is 0 Å². The minimum Gasteiger partial charge on any atom is -0.481 e. The fourth-order valence-corrected chi connectivity index (χ4v) is 2.22. The largest absolute Gasteiger partial charge is 0.481 e. The number of para-hydroxylation sites is 2. The third kappa shape index (κ3) is 3.85. The van der Waals surface area contributed by atoms with Crippen molar-refractivity contribution >= 4 is 11.6 Å². The highest BCUT2D eigenvalue weighted by atomic mass is 19.1. The van der Waals surface area contributed by atoms with E-state index in [4.69, 9.17) is 4.74 Å². The van der Waals surface area contributed by atoms with Gasteiger partial charge in [-0.2, -0.15) is 0 Å². The Kier molecular flexibility index (Phi) is 5.15. The molecule has 4 heteroatoms. The highest BCUT2D eigenvalue weighted by molar-refractivity contribution is 5.93. The highest BCUT2D eigenvalue weighted by Crippen LogP contribution is 2.27. The molecule has 0 aromatic heterocycles. The van der Waals surface area contributed by atoms with Crippen LogP contribution in [0.15, 0.2) is 42.5 Å². The average molecular weight is 301 g/mol. The summed E-state index contributed by atoms with van der Waals surface area (Å²) in [7, 11) is 0. The topological polar surface area (TPSA) is 38.3 Å². The lowest BCUT2D eigenvalue weighted by Gasteiger charge is -2.16. The van der Waals surface area contributed by atoms with E-state index >= 15 is 0 Å². The van der Waals surface area contributed by atoms with Crippen molar-refractivity contribution < 1.29 is 13.9 Å².